The van der Waals surface area contributed by atoms with Crippen molar-refractivity contribution in [1.29, 1.82) is 0 Å². The van der Waals surface area contributed by atoms with Crippen molar-refractivity contribution in [3.8, 4) is 0 Å². The van der Waals surface area contributed by atoms with Gasteiger partial charge in [0.25, 0.3) is 0 Å². The van der Waals surface area contributed by atoms with E-state index in [0.717, 1.165) is 25.6 Å². The Morgan fingerprint density at radius 2 is 1.68 bits per heavy atom. The fraction of sp³-hybridized carbons (Fsp3) is 0.533. The summed E-state index contributed by atoms with van der Waals surface area (Å²) in [6, 6.07) is 19.2. The Kier molecular flexibility index (Phi) is 6.72. The lowest BCUT2D eigenvalue weighted by molar-refractivity contribution is 0.0898. The number of benzene rings is 2. The molecule has 2 unspecified atom stereocenters. The van der Waals surface area contributed by atoms with E-state index in [1.807, 2.05) is 0 Å². The number of rotatable bonds is 5. The van der Waals surface area contributed by atoms with Crippen LogP contribution in [0.5, 0.6) is 0 Å². The van der Waals surface area contributed by atoms with Crippen molar-refractivity contribution in [3.05, 3.63) is 71.4 Å². The van der Waals surface area contributed by atoms with E-state index in [4.69, 9.17) is 5.32 Å². The maximum Gasteiger partial charge on any atom is 0.0502 e. The molecule has 2 aromatic carbocycles. The normalized spacial score (nSPS) is 25.6. The van der Waals surface area contributed by atoms with Crippen LogP contribution in [0.1, 0.15) is 73.6 Å². The van der Waals surface area contributed by atoms with Crippen LogP contribution in [0.2, 0.25) is 0 Å². The van der Waals surface area contributed by atoms with Gasteiger partial charge in [-0.1, -0.05) is 48.9 Å². The first kappa shape index (κ1) is 22.3. The van der Waals surface area contributed by atoms with Gasteiger partial charge >= 0.3 is 0 Å². The molecule has 3 saturated heterocycles. The van der Waals surface area contributed by atoms with E-state index in [0.29, 0.717) is 12.0 Å². The Balaban J connectivity index is 1.09. The van der Waals surface area contributed by atoms with E-state index in [1.54, 1.807) is 0 Å². The SMILES string of the molecule is c1ccc(C2CC[N]C(c3ccc4c(CN5CCC(N6CCCCC6)CC5)c[nH]c4c3)C2)cc1. The van der Waals surface area contributed by atoms with Crippen LogP contribution in [0.25, 0.3) is 10.9 Å². The number of fused-ring (bicyclic) bond motifs is 1. The average molecular weight is 456 g/mol. The molecule has 2 atom stereocenters. The van der Waals surface area contributed by atoms with Crippen LogP contribution in [-0.2, 0) is 6.54 Å². The smallest absolute Gasteiger partial charge is 0.0502 e. The monoisotopic (exact) mass is 455 g/mol. The molecular formula is C30H39N4. The van der Waals surface area contributed by atoms with Crippen molar-refractivity contribution in [1.82, 2.24) is 20.1 Å². The van der Waals surface area contributed by atoms with E-state index >= 15 is 0 Å². The summed E-state index contributed by atoms with van der Waals surface area (Å²) in [6.07, 6.45) is 11.4. The standard InChI is InChI=1S/C30H39N4/c1-3-7-23(8-4-1)24-11-14-31-29(19-24)25-9-10-28-26(21-32-30(28)20-25)22-33-17-12-27(13-18-33)34-15-5-2-6-16-34/h1,3-4,7-10,20-21,24,27,29,32H,2,5-6,11-19,22H2. The van der Waals surface area contributed by atoms with Gasteiger partial charge in [0.1, 0.15) is 0 Å². The number of likely N-dealkylation sites (tertiary alicyclic amines) is 2. The number of piperidine rings is 3. The van der Waals surface area contributed by atoms with Crippen LogP contribution in [0.4, 0.5) is 0 Å². The molecule has 34 heavy (non-hydrogen) atoms. The Morgan fingerprint density at radius 1 is 0.853 bits per heavy atom. The van der Waals surface area contributed by atoms with Crippen LogP contribution in [0, 0.1) is 0 Å². The van der Waals surface area contributed by atoms with Crippen LogP contribution < -0.4 is 5.32 Å². The fourth-order valence-electron chi connectivity index (χ4n) is 6.63. The van der Waals surface area contributed by atoms with E-state index in [-0.39, 0.29) is 0 Å². The quantitative estimate of drug-likeness (QED) is 0.525. The van der Waals surface area contributed by atoms with Crippen molar-refractivity contribution >= 4 is 10.9 Å². The lowest BCUT2D eigenvalue weighted by Gasteiger charge is -2.40. The molecule has 4 heterocycles. The van der Waals surface area contributed by atoms with Crippen molar-refractivity contribution in [3.63, 3.8) is 0 Å². The second kappa shape index (κ2) is 10.2. The minimum atomic E-state index is 0.309. The lowest BCUT2D eigenvalue weighted by Crippen LogP contribution is -2.46. The summed E-state index contributed by atoms with van der Waals surface area (Å²) in [4.78, 5) is 9.02. The first-order valence-electron chi connectivity index (χ1n) is 13.6. The zero-order chi connectivity index (χ0) is 22.7. The predicted molar refractivity (Wildman–Crippen MR) is 140 cm³/mol. The number of hydrogen-bond acceptors (Lipinski definition) is 2. The summed E-state index contributed by atoms with van der Waals surface area (Å²) in [5.41, 5.74) is 5.55. The predicted octanol–water partition coefficient (Wildman–Crippen LogP) is 5.84. The molecule has 3 aliphatic heterocycles. The third-order valence-electron chi connectivity index (χ3n) is 8.64. The van der Waals surface area contributed by atoms with E-state index < -0.39 is 0 Å². The molecule has 4 heteroatoms. The third kappa shape index (κ3) is 4.82. The van der Waals surface area contributed by atoms with E-state index in [2.05, 4.69) is 69.5 Å². The number of nitrogens with zero attached hydrogens (tertiary/aromatic N) is 3. The molecule has 3 fully saturated rings. The van der Waals surface area contributed by atoms with Crippen molar-refractivity contribution in [2.24, 2.45) is 0 Å². The van der Waals surface area contributed by atoms with Gasteiger partial charge in [-0.05, 0) is 93.4 Å². The largest absolute Gasteiger partial charge is 0.361 e. The van der Waals surface area contributed by atoms with Crippen molar-refractivity contribution < 1.29 is 0 Å². The Hall–Kier alpha value is -2.14. The molecule has 0 aliphatic carbocycles. The lowest BCUT2D eigenvalue weighted by atomic mass is 9.84. The zero-order valence-corrected chi connectivity index (χ0v) is 20.5. The number of H-pyrrole nitrogens is 1. The average Bonchev–Trinajstić information content (AvgIpc) is 3.32. The maximum absolute atomic E-state index is 5.00. The van der Waals surface area contributed by atoms with E-state index in [9.17, 15) is 0 Å². The second-order valence-corrected chi connectivity index (χ2v) is 10.8. The molecule has 6 rings (SSSR count). The van der Waals surface area contributed by atoms with Gasteiger partial charge in [-0.3, -0.25) is 4.90 Å². The molecule has 4 nitrogen and oxygen atoms in total. The third-order valence-corrected chi connectivity index (χ3v) is 8.64. The highest BCUT2D eigenvalue weighted by Crippen LogP contribution is 2.36. The minimum Gasteiger partial charge on any atom is -0.361 e. The molecule has 179 valence electrons. The number of hydrogen-bond donors (Lipinski definition) is 1. The topological polar surface area (TPSA) is 36.4 Å². The number of aromatic nitrogens is 1. The number of aromatic amines is 1. The fourth-order valence-corrected chi connectivity index (χ4v) is 6.63. The summed E-state index contributed by atoms with van der Waals surface area (Å²) in [6.45, 7) is 7.15. The van der Waals surface area contributed by atoms with Crippen LogP contribution in [0.3, 0.4) is 0 Å². The highest BCUT2D eigenvalue weighted by atomic mass is 15.2. The second-order valence-electron chi connectivity index (χ2n) is 10.8. The molecule has 0 saturated carbocycles. The van der Waals surface area contributed by atoms with Gasteiger partial charge in [0.2, 0.25) is 0 Å². The molecule has 1 radical (unpaired) electrons. The highest BCUT2D eigenvalue weighted by molar-refractivity contribution is 5.83. The highest BCUT2D eigenvalue weighted by Gasteiger charge is 2.27. The summed E-state index contributed by atoms with van der Waals surface area (Å²) in [5, 5.41) is 6.39. The Bertz CT molecular complexity index is 1060. The summed E-state index contributed by atoms with van der Waals surface area (Å²) < 4.78 is 0. The number of nitrogens with one attached hydrogen (secondary N) is 1. The molecule has 0 spiro atoms. The van der Waals surface area contributed by atoms with Gasteiger partial charge in [0, 0.05) is 36.2 Å². The first-order chi connectivity index (χ1) is 16.8. The Labute approximate surface area is 204 Å². The van der Waals surface area contributed by atoms with Gasteiger partial charge in [-0.15, -0.1) is 0 Å². The molecule has 3 aromatic rings. The van der Waals surface area contributed by atoms with Gasteiger partial charge < -0.3 is 9.88 Å². The van der Waals surface area contributed by atoms with Crippen molar-refractivity contribution in [2.45, 2.75) is 69.5 Å². The molecular weight excluding hydrogens is 416 g/mol. The van der Waals surface area contributed by atoms with Crippen LogP contribution in [-0.4, -0.2) is 53.5 Å². The Morgan fingerprint density at radius 3 is 2.50 bits per heavy atom. The molecule has 1 aromatic heterocycles. The summed E-state index contributed by atoms with van der Waals surface area (Å²) >= 11 is 0. The summed E-state index contributed by atoms with van der Waals surface area (Å²) in [5.74, 6) is 0.617. The minimum absolute atomic E-state index is 0.309. The summed E-state index contributed by atoms with van der Waals surface area (Å²) in [7, 11) is 0. The zero-order valence-electron chi connectivity index (χ0n) is 20.5. The first-order valence-corrected chi connectivity index (χ1v) is 13.6. The maximum atomic E-state index is 5.00. The molecule has 0 amide bonds. The van der Waals surface area contributed by atoms with Gasteiger partial charge in [-0.25, -0.2) is 5.32 Å². The molecule has 3 aliphatic rings. The molecule has 1 N–H and O–H groups in total. The van der Waals surface area contributed by atoms with Crippen molar-refractivity contribution in [2.75, 3.05) is 32.7 Å². The van der Waals surface area contributed by atoms with Gasteiger partial charge in [-0.2, -0.15) is 0 Å². The van der Waals surface area contributed by atoms with Crippen LogP contribution in [0.15, 0.2) is 54.7 Å². The van der Waals surface area contributed by atoms with Gasteiger partial charge in [0.15, 0.2) is 0 Å². The van der Waals surface area contributed by atoms with E-state index in [1.165, 1.54) is 92.3 Å². The van der Waals surface area contributed by atoms with Gasteiger partial charge in [0.05, 0.1) is 6.04 Å². The molecule has 0 bridgehead atoms. The van der Waals surface area contributed by atoms with Crippen LogP contribution >= 0.6 is 0 Å².